The summed E-state index contributed by atoms with van der Waals surface area (Å²) in [6.07, 6.45) is -10.7. The van der Waals surface area contributed by atoms with Crippen LogP contribution in [0.3, 0.4) is 0 Å². The van der Waals surface area contributed by atoms with Crippen molar-refractivity contribution >= 4 is 51.9 Å². The molecule has 0 saturated heterocycles. The molecule has 1 aromatic heterocycles. The van der Waals surface area contributed by atoms with E-state index in [1.807, 2.05) is 19.0 Å². The van der Waals surface area contributed by atoms with Crippen LogP contribution in [0.15, 0.2) is 48.7 Å². The molecule has 0 bridgehead atoms. The Morgan fingerprint density at radius 1 is 1.02 bits per heavy atom. The predicted octanol–water partition coefficient (Wildman–Crippen LogP) is 5.49. The average Bonchev–Trinajstić information content (AvgIpc) is 3.45. The van der Waals surface area contributed by atoms with Crippen molar-refractivity contribution in [3.05, 3.63) is 64.8 Å². The molecule has 49 heavy (non-hydrogen) atoms. The number of anilines is 1. The topological polar surface area (TPSA) is 121 Å². The number of rotatable bonds is 10. The van der Waals surface area contributed by atoms with Gasteiger partial charge in [-0.25, -0.2) is 9.59 Å². The van der Waals surface area contributed by atoms with E-state index >= 15 is 0 Å². The first-order chi connectivity index (χ1) is 22.8. The van der Waals surface area contributed by atoms with Crippen LogP contribution < -0.4 is 10.2 Å². The number of ether oxygens (including phenoxy) is 2. The van der Waals surface area contributed by atoms with Crippen molar-refractivity contribution in [1.82, 2.24) is 15.2 Å². The molecule has 0 aliphatic carbocycles. The number of alkyl halides is 6. The van der Waals surface area contributed by atoms with Gasteiger partial charge in [-0.1, -0.05) is 43.6 Å². The zero-order chi connectivity index (χ0) is 36.5. The lowest BCUT2D eigenvalue weighted by molar-refractivity contribution is -0.267. The van der Waals surface area contributed by atoms with Gasteiger partial charge in [-0.15, -0.1) is 0 Å². The predicted molar refractivity (Wildman–Crippen MR) is 166 cm³/mol. The number of hydrogen-bond acceptors (Lipinski definition) is 7. The number of aromatic nitrogens is 1. The average molecular weight is 719 g/mol. The lowest BCUT2D eigenvalue weighted by atomic mass is 9.88. The van der Waals surface area contributed by atoms with Crippen LogP contribution in [0.4, 0.5) is 32.0 Å². The summed E-state index contributed by atoms with van der Waals surface area (Å²) in [4.78, 5) is 58.6. The number of para-hydroxylation sites is 1. The molecule has 0 saturated carbocycles. The fourth-order valence-corrected chi connectivity index (χ4v) is 6.06. The number of nitrogens with one attached hydrogen (secondary N) is 2. The zero-order valence-electron chi connectivity index (χ0n) is 26.7. The van der Waals surface area contributed by atoms with E-state index in [1.54, 1.807) is 48.7 Å². The van der Waals surface area contributed by atoms with Gasteiger partial charge in [0, 0.05) is 53.2 Å². The summed E-state index contributed by atoms with van der Waals surface area (Å²) in [5, 5.41) is 3.19. The number of halogens is 7. The van der Waals surface area contributed by atoms with Gasteiger partial charge in [-0.2, -0.15) is 26.3 Å². The van der Waals surface area contributed by atoms with Crippen LogP contribution in [0.1, 0.15) is 37.3 Å². The normalized spacial score (nSPS) is 16.6. The van der Waals surface area contributed by atoms with Crippen molar-refractivity contribution in [2.45, 2.75) is 56.8 Å². The molecule has 2 amide bonds. The molecule has 2 N–H and O–H groups in total. The van der Waals surface area contributed by atoms with Crippen molar-refractivity contribution in [1.29, 1.82) is 0 Å². The van der Waals surface area contributed by atoms with Crippen molar-refractivity contribution in [3.63, 3.8) is 0 Å². The van der Waals surface area contributed by atoms with Crippen molar-refractivity contribution in [2.75, 3.05) is 32.1 Å². The third-order valence-electron chi connectivity index (χ3n) is 8.12. The molecule has 3 aromatic rings. The second-order valence-electron chi connectivity index (χ2n) is 12.0. The quantitative estimate of drug-likeness (QED) is 0.162. The second-order valence-corrected chi connectivity index (χ2v) is 12.4. The number of benzene rings is 2. The van der Waals surface area contributed by atoms with E-state index in [1.165, 1.54) is 11.8 Å². The third-order valence-corrected chi connectivity index (χ3v) is 8.36. The number of nitrogens with zero attached hydrogens (tertiary/aromatic N) is 2. The summed E-state index contributed by atoms with van der Waals surface area (Å²) >= 11 is 6.26. The Labute approximate surface area is 281 Å². The molecule has 10 nitrogen and oxygen atoms in total. The van der Waals surface area contributed by atoms with Gasteiger partial charge in [0.15, 0.2) is 0 Å². The van der Waals surface area contributed by atoms with E-state index in [0.29, 0.717) is 45.7 Å². The van der Waals surface area contributed by atoms with E-state index in [2.05, 4.69) is 19.8 Å². The highest BCUT2D eigenvalue weighted by molar-refractivity contribution is 6.30. The largest absolute Gasteiger partial charge is 0.491 e. The van der Waals surface area contributed by atoms with Gasteiger partial charge in [-0.3, -0.25) is 9.59 Å². The first-order valence-electron chi connectivity index (χ1n) is 15.0. The van der Waals surface area contributed by atoms with E-state index in [9.17, 15) is 45.5 Å². The van der Waals surface area contributed by atoms with Crippen LogP contribution in [0, 0.1) is 5.92 Å². The second kappa shape index (κ2) is 14.3. The molecule has 3 atom stereocenters. The molecule has 2 heterocycles. The standard InChI is InChI=1S/C32H33ClF6N4O6/c1-5-30(48-28(46)31(34,35)36,49-29(47)32(37,38)39)27(45)41-25(17(2)22-14-40-23-9-7-6-8-21(22)23)26(44)43-16-18(15-42(3)4)12-19-13-20(33)10-11-24(19)43/h6-11,13-14,17-18,25,40H,5,12,15-16H2,1-4H3,(H,41,45)/t17?,18-,25?/m1/s1. The number of carbonyl (C=O) groups excluding carboxylic acids is 4. The van der Waals surface area contributed by atoms with E-state index < -0.39 is 60.3 Å². The fraction of sp³-hybridized carbons (Fsp3) is 0.438. The molecule has 0 spiro atoms. The molecule has 0 radical (unpaired) electrons. The molecule has 1 aliphatic heterocycles. The highest BCUT2D eigenvalue weighted by Gasteiger charge is 2.56. The fourth-order valence-electron chi connectivity index (χ4n) is 5.86. The maximum atomic E-state index is 14.6. The van der Waals surface area contributed by atoms with Gasteiger partial charge in [-0.05, 0) is 61.8 Å². The molecule has 17 heteroatoms. The van der Waals surface area contributed by atoms with Gasteiger partial charge in [0.2, 0.25) is 5.91 Å². The van der Waals surface area contributed by atoms with E-state index in [4.69, 9.17) is 11.6 Å². The Kier molecular flexibility index (Phi) is 10.9. The SMILES string of the molecule is CCC(OC(=O)C(F)(F)F)(OC(=O)C(F)(F)F)C(=O)NC(C(=O)N1C[C@@H](CN(C)C)Cc2cc(Cl)ccc21)C(C)c1c[nH]c2ccccc12. The van der Waals surface area contributed by atoms with Crippen LogP contribution in [0.5, 0.6) is 0 Å². The summed E-state index contributed by atoms with van der Waals surface area (Å²) in [7, 11) is 3.66. The molecule has 2 unspecified atom stereocenters. The van der Waals surface area contributed by atoms with Crippen molar-refractivity contribution < 1.29 is 55.0 Å². The summed E-state index contributed by atoms with van der Waals surface area (Å²) in [6, 6.07) is 9.96. The van der Waals surface area contributed by atoms with Crippen LogP contribution >= 0.6 is 11.6 Å². The molecular formula is C32H33ClF6N4O6. The monoisotopic (exact) mass is 718 g/mol. The lowest BCUT2D eigenvalue weighted by Gasteiger charge is -2.39. The van der Waals surface area contributed by atoms with Crippen molar-refractivity contribution in [3.8, 4) is 0 Å². The molecule has 4 rings (SSSR count). The van der Waals surface area contributed by atoms with E-state index in [0.717, 1.165) is 6.92 Å². The third kappa shape index (κ3) is 8.29. The minimum absolute atomic E-state index is 0.115. The highest BCUT2D eigenvalue weighted by Crippen LogP contribution is 2.36. The highest BCUT2D eigenvalue weighted by atomic mass is 35.5. The van der Waals surface area contributed by atoms with Crippen LogP contribution in [0.25, 0.3) is 10.9 Å². The summed E-state index contributed by atoms with van der Waals surface area (Å²) in [6.45, 7) is 3.01. The van der Waals surface area contributed by atoms with Crippen LogP contribution in [-0.4, -0.2) is 85.0 Å². The first-order valence-corrected chi connectivity index (χ1v) is 15.4. The number of H-pyrrole nitrogens is 1. The number of amides is 2. The zero-order valence-corrected chi connectivity index (χ0v) is 27.4. The number of fused-ring (bicyclic) bond motifs is 2. The molecule has 266 valence electrons. The Hall–Kier alpha value is -4.31. The van der Waals surface area contributed by atoms with Gasteiger partial charge in [0.25, 0.3) is 0 Å². The number of aromatic amines is 1. The van der Waals surface area contributed by atoms with Gasteiger partial charge in [0.1, 0.15) is 6.04 Å². The number of hydrogen-bond donors (Lipinski definition) is 2. The Balaban J connectivity index is 1.84. The van der Waals surface area contributed by atoms with Gasteiger partial charge < -0.3 is 29.6 Å². The molecule has 1 aliphatic rings. The van der Waals surface area contributed by atoms with Gasteiger partial charge >= 0.3 is 36.0 Å². The Bertz CT molecular complexity index is 1700. The van der Waals surface area contributed by atoms with E-state index in [-0.39, 0.29) is 12.5 Å². The smallest absolute Gasteiger partial charge is 0.406 e. The Morgan fingerprint density at radius 2 is 1.63 bits per heavy atom. The maximum absolute atomic E-state index is 14.6. The first kappa shape index (κ1) is 37.5. The lowest BCUT2D eigenvalue weighted by Crippen LogP contribution is -2.61. The molecule has 0 fully saturated rings. The summed E-state index contributed by atoms with van der Waals surface area (Å²) in [5.41, 5.74) is 2.19. The number of esters is 2. The minimum atomic E-state index is -5.79. The van der Waals surface area contributed by atoms with Crippen molar-refractivity contribution in [2.24, 2.45) is 5.92 Å². The number of carbonyl (C=O) groups is 4. The molecular weight excluding hydrogens is 686 g/mol. The van der Waals surface area contributed by atoms with Crippen LogP contribution in [-0.2, 0) is 35.1 Å². The minimum Gasteiger partial charge on any atom is -0.406 e. The Morgan fingerprint density at radius 3 is 2.20 bits per heavy atom. The van der Waals surface area contributed by atoms with Gasteiger partial charge in [0.05, 0.1) is 0 Å². The summed E-state index contributed by atoms with van der Waals surface area (Å²) < 4.78 is 88.2. The maximum Gasteiger partial charge on any atom is 0.491 e. The summed E-state index contributed by atoms with van der Waals surface area (Å²) in [5.74, 6) is -13.8. The van der Waals surface area contributed by atoms with Crippen LogP contribution in [0.2, 0.25) is 5.02 Å². The molecule has 2 aromatic carbocycles.